The highest BCUT2D eigenvalue weighted by atomic mass is 16.5. The summed E-state index contributed by atoms with van der Waals surface area (Å²) in [5, 5.41) is 0. The smallest absolute Gasteiger partial charge is 0.124 e. The van der Waals surface area contributed by atoms with Crippen LogP contribution >= 0.6 is 0 Å². The van der Waals surface area contributed by atoms with Gasteiger partial charge in [-0.2, -0.15) is 0 Å². The Morgan fingerprint density at radius 2 is 1.26 bits per heavy atom. The van der Waals surface area contributed by atoms with Gasteiger partial charge in [-0.3, -0.25) is 4.98 Å². The van der Waals surface area contributed by atoms with E-state index in [1.807, 2.05) is 72.8 Å². The molecule has 31 heavy (non-hydrogen) atoms. The van der Waals surface area contributed by atoms with E-state index < -0.39 is 0 Å². The lowest BCUT2D eigenvalue weighted by Gasteiger charge is -2.12. The summed E-state index contributed by atoms with van der Waals surface area (Å²) >= 11 is 0. The highest BCUT2D eigenvalue weighted by Gasteiger charge is 2.09. The van der Waals surface area contributed by atoms with E-state index in [1.165, 1.54) is 0 Å². The van der Waals surface area contributed by atoms with Crippen molar-refractivity contribution in [2.75, 3.05) is 0 Å². The molecular weight excluding hydrogens is 384 g/mol. The van der Waals surface area contributed by atoms with Crippen molar-refractivity contribution in [2.24, 2.45) is 0 Å². The summed E-state index contributed by atoms with van der Waals surface area (Å²) in [4.78, 5) is 7.87. The number of rotatable bonds is 7. The maximum Gasteiger partial charge on any atom is 0.124 e. The highest BCUT2D eigenvalue weighted by Crippen LogP contribution is 2.32. The van der Waals surface area contributed by atoms with Gasteiger partial charge in [0.2, 0.25) is 0 Å². The number of nitrogens with zero attached hydrogens (tertiary/aromatic N) is 1. The van der Waals surface area contributed by atoms with Crippen LogP contribution in [0.1, 0.15) is 11.1 Å². The van der Waals surface area contributed by atoms with Gasteiger partial charge in [0.1, 0.15) is 24.7 Å². The largest absolute Gasteiger partial charge is 0.489 e. The number of aromatic amines is 1. The first-order chi connectivity index (χ1) is 15.3. The monoisotopic (exact) mass is 406 g/mol. The third-order valence-electron chi connectivity index (χ3n) is 5.08. The Kier molecular flexibility index (Phi) is 5.35. The molecule has 0 spiro atoms. The molecule has 0 radical (unpaired) electrons. The van der Waals surface area contributed by atoms with Crippen LogP contribution in [0.2, 0.25) is 0 Å². The van der Waals surface area contributed by atoms with Crippen molar-refractivity contribution in [3.05, 3.63) is 114 Å². The van der Waals surface area contributed by atoms with E-state index in [-0.39, 0.29) is 0 Å². The van der Waals surface area contributed by atoms with Crippen LogP contribution in [-0.4, -0.2) is 9.97 Å². The number of pyridine rings is 1. The molecule has 0 saturated carbocycles. The van der Waals surface area contributed by atoms with Gasteiger partial charge in [-0.15, -0.1) is 0 Å². The van der Waals surface area contributed by atoms with E-state index in [0.717, 1.165) is 44.9 Å². The van der Waals surface area contributed by atoms with Gasteiger partial charge in [-0.1, -0.05) is 60.7 Å². The van der Waals surface area contributed by atoms with Crippen LogP contribution in [0.15, 0.2) is 103 Å². The fourth-order valence-electron chi connectivity index (χ4n) is 3.49. The second-order valence-electron chi connectivity index (χ2n) is 7.36. The normalized spacial score (nSPS) is 10.8. The average molecular weight is 406 g/mol. The number of ether oxygens (including phenoxy) is 2. The van der Waals surface area contributed by atoms with E-state index in [1.54, 1.807) is 6.20 Å². The van der Waals surface area contributed by atoms with Gasteiger partial charge in [0.25, 0.3) is 0 Å². The molecule has 0 bridgehead atoms. The van der Waals surface area contributed by atoms with Crippen LogP contribution < -0.4 is 9.47 Å². The molecule has 0 fully saturated rings. The number of benzene rings is 3. The summed E-state index contributed by atoms with van der Waals surface area (Å²) in [7, 11) is 0. The molecule has 5 rings (SSSR count). The maximum absolute atomic E-state index is 6.11. The number of aromatic nitrogens is 2. The van der Waals surface area contributed by atoms with E-state index in [0.29, 0.717) is 13.2 Å². The van der Waals surface area contributed by atoms with E-state index in [9.17, 15) is 0 Å². The molecule has 0 saturated heterocycles. The van der Waals surface area contributed by atoms with Crippen LogP contribution in [0.25, 0.3) is 22.3 Å². The quantitative estimate of drug-likeness (QED) is 0.341. The molecule has 2 aromatic heterocycles. The molecule has 0 aliphatic heterocycles. The zero-order valence-electron chi connectivity index (χ0n) is 17.0. The molecule has 0 aliphatic carbocycles. The summed E-state index contributed by atoms with van der Waals surface area (Å²) in [5.74, 6) is 1.52. The molecule has 0 amide bonds. The molecule has 4 heteroatoms. The fraction of sp³-hybridized carbons (Fsp3) is 0.0741. The molecule has 1 N–H and O–H groups in total. The van der Waals surface area contributed by atoms with Gasteiger partial charge in [0, 0.05) is 23.5 Å². The third kappa shape index (κ3) is 4.59. The standard InChI is InChI=1S/C27H22N2O2/c1-3-8-20(9-4-1)18-30-23-14-22(26-17-27-25(29-26)12-7-13-28-27)15-24(16-23)31-19-21-10-5-2-6-11-21/h1-17,29H,18-19H2. The Hall–Kier alpha value is -4.05. The number of H-pyrrole nitrogens is 1. The molecule has 0 unspecified atom stereocenters. The predicted octanol–water partition coefficient (Wildman–Crippen LogP) is 6.39. The lowest BCUT2D eigenvalue weighted by atomic mass is 10.1. The minimum Gasteiger partial charge on any atom is -0.489 e. The number of hydrogen-bond donors (Lipinski definition) is 1. The molecule has 0 aliphatic rings. The Balaban J connectivity index is 1.45. The number of fused-ring (bicyclic) bond motifs is 1. The number of nitrogens with one attached hydrogen (secondary N) is 1. The van der Waals surface area contributed by atoms with Crippen molar-refractivity contribution >= 4 is 11.0 Å². The summed E-state index contributed by atoms with van der Waals surface area (Å²) in [6.45, 7) is 0.993. The van der Waals surface area contributed by atoms with Gasteiger partial charge < -0.3 is 14.5 Å². The van der Waals surface area contributed by atoms with Gasteiger partial charge in [0.05, 0.1) is 11.0 Å². The molecular formula is C27H22N2O2. The zero-order chi connectivity index (χ0) is 20.9. The maximum atomic E-state index is 6.11. The van der Waals surface area contributed by atoms with Crippen molar-refractivity contribution in [2.45, 2.75) is 13.2 Å². The van der Waals surface area contributed by atoms with Crippen LogP contribution in [0.3, 0.4) is 0 Å². The van der Waals surface area contributed by atoms with E-state index in [4.69, 9.17) is 9.47 Å². The summed E-state index contributed by atoms with van der Waals surface area (Å²) in [5.41, 5.74) is 6.14. The molecule has 3 aromatic carbocycles. The van der Waals surface area contributed by atoms with E-state index >= 15 is 0 Å². The Bertz CT molecular complexity index is 1190. The predicted molar refractivity (Wildman–Crippen MR) is 123 cm³/mol. The molecule has 5 aromatic rings. The van der Waals surface area contributed by atoms with Crippen molar-refractivity contribution < 1.29 is 9.47 Å². The van der Waals surface area contributed by atoms with Crippen LogP contribution in [0.4, 0.5) is 0 Å². The van der Waals surface area contributed by atoms with Crippen LogP contribution in [-0.2, 0) is 13.2 Å². The molecule has 4 nitrogen and oxygen atoms in total. The lowest BCUT2D eigenvalue weighted by Crippen LogP contribution is -1.98. The zero-order valence-corrected chi connectivity index (χ0v) is 17.0. The molecule has 0 atom stereocenters. The van der Waals surface area contributed by atoms with Crippen LogP contribution in [0, 0.1) is 0 Å². The third-order valence-corrected chi connectivity index (χ3v) is 5.08. The highest BCUT2D eigenvalue weighted by molar-refractivity contribution is 5.82. The second kappa shape index (κ2) is 8.76. The van der Waals surface area contributed by atoms with E-state index in [2.05, 4.69) is 34.2 Å². The van der Waals surface area contributed by atoms with Gasteiger partial charge >= 0.3 is 0 Å². The summed E-state index contributed by atoms with van der Waals surface area (Å²) < 4.78 is 12.2. The van der Waals surface area contributed by atoms with Gasteiger partial charge in [-0.05, 0) is 41.5 Å². The fourth-order valence-corrected chi connectivity index (χ4v) is 3.49. The first-order valence-corrected chi connectivity index (χ1v) is 10.3. The van der Waals surface area contributed by atoms with Crippen molar-refractivity contribution in [1.29, 1.82) is 0 Å². The summed E-state index contributed by atoms with van der Waals surface area (Å²) in [6.07, 6.45) is 1.80. The Morgan fingerprint density at radius 3 is 1.84 bits per heavy atom. The van der Waals surface area contributed by atoms with Gasteiger partial charge in [-0.25, -0.2) is 0 Å². The van der Waals surface area contributed by atoms with Crippen molar-refractivity contribution in [3.63, 3.8) is 0 Å². The number of hydrogen-bond acceptors (Lipinski definition) is 3. The summed E-state index contributed by atoms with van der Waals surface area (Å²) in [6, 6.07) is 32.3. The molecule has 152 valence electrons. The lowest BCUT2D eigenvalue weighted by molar-refractivity contribution is 0.290. The topological polar surface area (TPSA) is 47.1 Å². The minimum absolute atomic E-state index is 0.497. The first kappa shape index (κ1) is 18.9. The van der Waals surface area contributed by atoms with Crippen molar-refractivity contribution in [3.8, 4) is 22.8 Å². The Morgan fingerprint density at radius 1 is 0.645 bits per heavy atom. The average Bonchev–Trinajstić information content (AvgIpc) is 3.27. The first-order valence-electron chi connectivity index (χ1n) is 10.3. The van der Waals surface area contributed by atoms with Crippen LogP contribution in [0.5, 0.6) is 11.5 Å². The SMILES string of the molecule is c1ccc(COc2cc(OCc3ccccc3)cc(-c3cc4ncccc4[nH]3)c2)cc1. The van der Waals surface area contributed by atoms with Gasteiger partial charge in [0.15, 0.2) is 0 Å². The molecule has 2 heterocycles. The minimum atomic E-state index is 0.497. The van der Waals surface area contributed by atoms with Crippen molar-refractivity contribution in [1.82, 2.24) is 9.97 Å². The Labute approximate surface area is 181 Å². The second-order valence-corrected chi connectivity index (χ2v) is 7.36.